The Bertz CT molecular complexity index is 682. The number of aromatic nitrogens is 2. The summed E-state index contributed by atoms with van der Waals surface area (Å²) < 4.78 is 0. The normalized spacial score (nSPS) is 10.7. The number of carbonyl (C=O) groups is 1. The third-order valence-electron chi connectivity index (χ3n) is 3.62. The molecule has 0 aliphatic carbocycles. The van der Waals surface area contributed by atoms with Gasteiger partial charge in [-0.25, -0.2) is 0 Å². The summed E-state index contributed by atoms with van der Waals surface area (Å²) >= 11 is 0. The van der Waals surface area contributed by atoms with Gasteiger partial charge in [0.2, 0.25) is 0 Å². The van der Waals surface area contributed by atoms with E-state index < -0.39 is 0 Å². The van der Waals surface area contributed by atoms with E-state index >= 15 is 0 Å². The van der Waals surface area contributed by atoms with E-state index in [2.05, 4.69) is 43.9 Å². The smallest absolute Gasteiger partial charge is 0.271 e. The lowest BCUT2D eigenvalue weighted by Gasteiger charge is -2.10. The van der Waals surface area contributed by atoms with Crippen molar-refractivity contribution < 1.29 is 4.79 Å². The van der Waals surface area contributed by atoms with E-state index in [1.807, 2.05) is 27.9 Å². The number of nitrogens with one attached hydrogen (secondary N) is 2. The summed E-state index contributed by atoms with van der Waals surface area (Å²) in [6, 6.07) is 9.63. The minimum absolute atomic E-state index is 0.195. The Labute approximate surface area is 143 Å². The molecule has 1 amide bonds. The minimum atomic E-state index is -0.195. The van der Waals surface area contributed by atoms with Gasteiger partial charge in [-0.15, -0.1) is 10.2 Å². The number of anilines is 2. The Morgan fingerprint density at radius 2 is 1.92 bits per heavy atom. The largest absolute Gasteiger partial charge is 0.351 e. The number of rotatable bonds is 7. The van der Waals surface area contributed by atoms with Gasteiger partial charge in [-0.3, -0.25) is 4.79 Å². The van der Waals surface area contributed by atoms with E-state index in [4.69, 9.17) is 0 Å². The van der Waals surface area contributed by atoms with Gasteiger partial charge < -0.3 is 15.5 Å². The molecule has 0 bridgehead atoms. The van der Waals surface area contributed by atoms with E-state index in [-0.39, 0.29) is 5.91 Å². The number of benzene rings is 1. The maximum absolute atomic E-state index is 12.0. The molecule has 2 aromatic rings. The summed E-state index contributed by atoms with van der Waals surface area (Å²) in [5.74, 6) is 0.424. The first kappa shape index (κ1) is 17.9. The van der Waals surface area contributed by atoms with E-state index in [1.165, 1.54) is 5.56 Å². The summed E-state index contributed by atoms with van der Waals surface area (Å²) in [4.78, 5) is 14.1. The number of hydrogen-bond acceptors (Lipinski definition) is 5. The van der Waals surface area contributed by atoms with Crippen molar-refractivity contribution in [3.8, 4) is 0 Å². The molecule has 24 heavy (non-hydrogen) atoms. The Balaban J connectivity index is 1.92. The second-order valence-corrected chi connectivity index (χ2v) is 6.16. The van der Waals surface area contributed by atoms with Gasteiger partial charge in [0.15, 0.2) is 11.5 Å². The molecule has 0 saturated heterocycles. The molecular weight excluding hydrogens is 302 g/mol. The Hall–Kier alpha value is -2.47. The molecule has 0 aliphatic rings. The van der Waals surface area contributed by atoms with Gasteiger partial charge in [-0.1, -0.05) is 12.1 Å². The molecule has 2 rings (SSSR count). The van der Waals surface area contributed by atoms with Crippen LogP contribution in [0, 0.1) is 13.8 Å². The molecule has 1 heterocycles. The van der Waals surface area contributed by atoms with Gasteiger partial charge in [0.25, 0.3) is 5.91 Å². The zero-order valence-electron chi connectivity index (χ0n) is 14.8. The molecule has 1 aromatic heterocycles. The van der Waals surface area contributed by atoms with E-state index in [1.54, 1.807) is 12.1 Å². The second-order valence-electron chi connectivity index (χ2n) is 6.16. The Morgan fingerprint density at radius 3 is 2.58 bits per heavy atom. The fraction of sp³-hybridized carbons (Fsp3) is 0.389. The number of carbonyl (C=O) groups excluding carboxylic acids is 1. The van der Waals surface area contributed by atoms with Gasteiger partial charge >= 0.3 is 0 Å². The topological polar surface area (TPSA) is 70.2 Å². The SMILES string of the molecule is Cc1ccc(C)c(Nc2ccc(C(=O)NCCCN(C)C)nn2)c1. The van der Waals surface area contributed by atoms with Crippen LogP contribution in [0.4, 0.5) is 11.5 Å². The first-order chi connectivity index (χ1) is 11.5. The number of amides is 1. The molecule has 0 aliphatic heterocycles. The maximum atomic E-state index is 12.0. The third kappa shape index (κ3) is 5.31. The van der Waals surface area contributed by atoms with Crippen molar-refractivity contribution in [2.24, 2.45) is 0 Å². The van der Waals surface area contributed by atoms with Crippen molar-refractivity contribution >= 4 is 17.4 Å². The van der Waals surface area contributed by atoms with Crippen LogP contribution in [0.1, 0.15) is 28.0 Å². The standard InChI is InChI=1S/C18H25N5O/c1-13-6-7-14(2)16(12-13)20-17-9-8-15(21-22-17)18(24)19-10-5-11-23(3)4/h6-9,12H,5,10-11H2,1-4H3,(H,19,24)(H,20,22). The van der Waals surface area contributed by atoms with Crippen LogP contribution in [0.25, 0.3) is 0 Å². The quantitative estimate of drug-likeness (QED) is 0.765. The van der Waals surface area contributed by atoms with Crippen LogP contribution < -0.4 is 10.6 Å². The summed E-state index contributed by atoms with van der Waals surface area (Å²) in [5.41, 5.74) is 3.62. The van der Waals surface area contributed by atoms with Crippen molar-refractivity contribution in [3.05, 3.63) is 47.2 Å². The molecular formula is C18H25N5O. The fourth-order valence-corrected chi connectivity index (χ4v) is 2.22. The zero-order valence-corrected chi connectivity index (χ0v) is 14.8. The minimum Gasteiger partial charge on any atom is -0.351 e. The zero-order chi connectivity index (χ0) is 17.5. The van der Waals surface area contributed by atoms with Crippen molar-refractivity contribution in [1.29, 1.82) is 0 Å². The average molecular weight is 327 g/mol. The molecule has 1 aromatic carbocycles. The van der Waals surface area contributed by atoms with Gasteiger partial charge in [0.05, 0.1) is 0 Å². The summed E-state index contributed by atoms with van der Waals surface area (Å²) in [7, 11) is 4.02. The molecule has 6 nitrogen and oxygen atoms in total. The highest BCUT2D eigenvalue weighted by Gasteiger charge is 2.08. The number of aryl methyl sites for hydroxylation is 2. The Kier molecular flexibility index (Phi) is 6.26. The van der Waals surface area contributed by atoms with Crippen molar-refractivity contribution in [1.82, 2.24) is 20.4 Å². The van der Waals surface area contributed by atoms with E-state index in [0.29, 0.717) is 18.1 Å². The van der Waals surface area contributed by atoms with Crippen molar-refractivity contribution in [3.63, 3.8) is 0 Å². The Morgan fingerprint density at radius 1 is 1.12 bits per heavy atom. The van der Waals surface area contributed by atoms with Crippen LogP contribution in [0.5, 0.6) is 0 Å². The summed E-state index contributed by atoms with van der Waals surface area (Å²) in [6.45, 7) is 5.64. The third-order valence-corrected chi connectivity index (χ3v) is 3.62. The van der Waals surface area contributed by atoms with Gasteiger partial charge in [-0.05, 0) is 70.2 Å². The number of nitrogens with zero attached hydrogens (tertiary/aromatic N) is 3. The highest BCUT2D eigenvalue weighted by molar-refractivity contribution is 5.92. The van der Waals surface area contributed by atoms with Gasteiger partial charge in [-0.2, -0.15) is 0 Å². The van der Waals surface area contributed by atoms with Crippen molar-refractivity contribution in [2.75, 3.05) is 32.5 Å². The summed E-state index contributed by atoms with van der Waals surface area (Å²) in [5, 5.41) is 14.2. The average Bonchev–Trinajstić information content (AvgIpc) is 2.55. The molecule has 0 unspecified atom stereocenters. The van der Waals surface area contributed by atoms with Crippen LogP contribution in [-0.4, -0.2) is 48.2 Å². The molecule has 0 saturated carbocycles. The van der Waals surface area contributed by atoms with Gasteiger partial charge in [0, 0.05) is 12.2 Å². The highest BCUT2D eigenvalue weighted by atomic mass is 16.1. The molecule has 0 fully saturated rings. The fourth-order valence-electron chi connectivity index (χ4n) is 2.22. The van der Waals surface area contributed by atoms with Crippen LogP contribution in [-0.2, 0) is 0 Å². The first-order valence-corrected chi connectivity index (χ1v) is 8.06. The predicted octanol–water partition coefficient (Wildman–Crippen LogP) is 2.52. The van der Waals surface area contributed by atoms with Crippen molar-refractivity contribution in [2.45, 2.75) is 20.3 Å². The van der Waals surface area contributed by atoms with Gasteiger partial charge in [0.1, 0.15) is 0 Å². The predicted molar refractivity (Wildman–Crippen MR) is 96.7 cm³/mol. The summed E-state index contributed by atoms with van der Waals surface area (Å²) in [6.07, 6.45) is 0.901. The lowest BCUT2D eigenvalue weighted by molar-refractivity contribution is 0.0946. The molecule has 6 heteroatoms. The van der Waals surface area contributed by atoms with Crippen LogP contribution in [0.2, 0.25) is 0 Å². The molecule has 128 valence electrons. The number of hydrogen-bond donors (Lipinski definition) is 2. The van der Waals surface area contributed by atoms with Crippen LogP contribution >= 0.6 is 0 Å². The molecule has 0 radical (unpaired) electrons. The van der Waals surface area contributed by atoms with Crippen LogP contribution in [0.3, 0.4) is 0 Å². The molecule has 0 atom stereocenters. The van der Waals surface area contributed by atoms with Crippen LogP contribution in [0.15, 0.2) is 30.3 Å². The van der Waals surface area contributed by atoms with E-state index in [0.717, 1.165) is 24.2 Å². The molecule has 0 spiro atoms. The monoisotopic (exact) mass is 327 g/mol. The molecule has 2 N–H and O–H groups in total. The lowest BCUT2D eigenvalue weighted by Crippen LogP contribution is -2.28. The lowest BCUT2D eigenvalue weighted by atomic mass is 10.1. The van der Waals surface area contributed by atoms with E-state index in [9.17, 15) is 4.79 Å². The first-order valence-electron chi connectivity index (χ1n) is 8.06. The second kappa shape index (κ2) is 8.40. The maximum Gasteiger partial charge on any atom is 0.271 e. The highest BCUT2D eigenvalue weighted by Crippen LogP contribution is 2.20.